The van der Waals surface area contributed by atoms with Gasteiger partial charge in [0.05, 0.1) is 13.2 Å². The van der Waals surface area contributed by atoms with Crippen LogP contribution >= 0.6 is 0 Å². The monoisotopic (exact) mass is 319 g/mol. The molecule has 1 aliphatic heterocycles. The van der Waals surface area contributed by atoms with Crippen molar-refractivity contribution in [2.45, 2.75) is 33.3 Å². The lowest BCUT2D eigenvalue weighted by Gasteiger charge is -2.31. The number of morpholine rings is 1. The summed E-state index contributed by atoms with van der Waals surface area (Å²) in [5.74, 6) is -0.534. The highest BCUT2D eigenvalue weighted by atomic mass is 16.5. The summed E-state index contributed by atoms with van der Waals surface area (Å²) in [6, 6.07) is 4.13. The normalized spacial score (nSPS) is 17.9. The van der Waals surface area contributed by atoms with Gasteiger partial charge in [-0.05, 0) is 43.9 Å². The summed E-state index contributed by atoms with van der Waals surface area (Å²) in [6.45, 7) is 7.84. The number of hydrogen-bond donors (Lipinski definition) is 2. The number of carbonyl (C=O) groups excluding carboxylic acids is 2. The van der Waals surface area contributed by atoms with Gasteiger partial charge in [-0.15, -0.1) is 0 Å². The molecular weight excluding hydrogens is 294 g/mol. The molecule has 23 heavy (non-hydrogen) atoms. The lowest BCUT2D eigenvalue weighted by Crippen LogP contribution is -2.53. The maximum atomic E-state index is 12.2. The Morgan fingerprint density at radius 3 is 2.57 bits per heavy atom. The number of nitrogens with zero attached hydrogens (tertiary/aromatic N) is 1. The number of rotatable bonds is 4. The number of nitrogens with one attached hydrogen (secondary N) is 1. The predicted octanol–water partition coefficient (Wildman–Crippen LogP) is 1.05. The Bertz CT molecular complexity index is 578. The van der Waals surface area contributed by atoms with E-state index in [1.54, 1.807) is 4.90 Å². The number of ether oxygens (including phenoxy) is 1. The van der Waals surface area contributed by atoms with Crippen LogP contribution in [0, 0.1) is 20.8 Å². The molecule has 6 heteroatoms. The van der Waals surface area contributed by atoms with Gasteiger partial charge in [0, 0.05) is 13.1 Å². The van der Waals surface area contributed by atoms with Crippen LogP contribution < -0.4 is 11.1 Å². The van der Waals surface area contributed by atoms with E-state index in [1.165, 1.54) is 22.3 Å². The van der Waals surface area contributed by atoms with Gasteiger partial charge in [0.2, 0.25) is 5.91 Å². The van der Waals surface area contributed by atoms with Crippen molar-refractivity contribution in [3.63, 3.8) is 0 Å². The summed E-state index contributed by atoms with van der Waals surface area (Å²) in [6.07, 6.45) is 0.0730. The highest BCUT2D eigenvalue weighted by molar-refractivity contribution is 5.81. The van der Waals surface area contributed by atoms with Gasteiger partial charge in [0.25, 0.3) is 0 Å². The summed E-state index contributed by atoms with van der Waals surface area (Å²) >= 11 is 0. The van der Waals surface area contributed by atoms with Crippen LogP contribution in [0.4, 0.5) is 4.79 Å². The van der Waals surface area contributed by atoms with E-state index in [2.05, 4.69) is 38.2 Å². The largest absolute Gasteiger partial charge is 0.367 e. The van der Waals surface area contributed by atoms with Crippen LogP contribution in [-0.4, -0.2) is 49.2 Å². The Labute approximate surface area is 137 Å². The van der Waals surface area contributed by atoms with E-state index in [-0.39, 0.29) is 12.6 Å². The Morgan fingerprint density at radius 2 is 1.96 bits per heavy atom. The smallest absolute Gasteiger partial charge is 0.317 e. The number of hydrogen-bond acceptors (Lipinski definition) is 3. The van der Waals surface area contributed by atoms with E-state index in [1.807, 2.05) is 0 Å². The molecule has 1 heterocycles. The first-order valence-electron chi connectivity index (χ1n) is 7.89. The molecule has 3 N–H and O–H groups in total. The van der Waals surface area contributed by atoms with Gasteiger partial charge < -0.3 is 20.7 Å². The molecule has 0 aromatic heterocycles. The first-order chi connectivity index (χ1) is 10.9. The number of aryl methyl sites for hydroxylation is 3. The van der Waals surface area contributed by atoms with Gasteiger partial charge in [-0.25, -0.2) is 4.79 Å². The zero-order chi connectivity index (χ0) is 17.0. The summed E-state index contributed by atoms with van der Waals surface area (Å²) in [5, 5.41) is 2.91. The SMILES string of the molecule is Cc1cc(C)c(CCNC(=O)N2CCOC(C(N)=O)C2)c(C)c1. The molecule has 1 aromatic rings. The molecule has 0 radical (unpaired) electrons. The zero-order valence-corrected chi connectivity index (χ0v) is 14.0. The molecule has 126 valence electrons. The molecular formula is C17H25N3O3. The molecule has 6 nitrogen and oxygen atoms in total. The molecule has 0 bridgehead atoms. The molecule has 2 rings (SSSR count). The van der Waals surface area contributed by atoms with E-state index in [9.17, 15) is 9.59 Å². The lowest BCUT2D eigenvalue weighted by atomic mass is 9.97. The van der Waals surface area contributed by atoms with Crippen LogP contribution in [-0.2, 0) is 16.0 Å². The lowest BCUT2D eigenvalue weighted by molar-refractivity contribution is -0.133. The van der Waals surface area contributed by atoms with Crippen LogP contribution in [0.25, 0.3) is 0 Å². The zero-order valence-electron chi connectivity index (χ0n) is 14.0. The van der Waals surface area contributed by atoms with Crippen molar-refractivity contribution in [1.29, 1.82) is 0 Å². The Morgan fingerprint density at radius 1 is 1.30 bits per heavy atom. The molecule has 1 aliphatic rings. The Kier molecular flexibility index (Phi) is 5.60. The Hall–Kier alpha value is -2.08. The van der Waals surface area contributed by atoms with Crippen molar-refractivity contribution in [1.82, 2.24) is 10.2 Å². The fourth-order valence-corrected chi connectivity index (χ4v) is 3.02. The van der Waals surface area contributed by atoms with Crippen molar-refractivity contribution in [2.75, 3.05) is 26.2 Å². The second-order valence-electron chi connectivity index (χ2n) is 6.07. The molecule has 1 unspecified atom stereocenters. The summed E-state index contributed by atoms with van der Waals surface area (Å²) < 4.78 is 5.24. The third-order valence-electron chi connectivity index (χ3n) is 4.16. The number of nitrogens with two attached hydrogens (primary N) is 1. The van der Waals surface area contributed by atoms with Crippen LogP contribution in [0.1, 0.15) is 22.3 Å². The maximum Gasteiger partial charge on any atom is 0.317 e. The van der Waals surface area contributed by atoms with Crippen LogP contribution in [0.15, 0.2) is 12.1 Å². The third-order valence-corrected chi connectivity index (χ3v) is 4.16. The van der Waals surface area contributed by atoms with Crippen molar-refractivity contribution in [2.24, 2.45) is 5.73 Å². The van der Waals surface area contributed by atoms with Gasteiger partial charge in [-0.1, -0.05) is 17.7 Å². The highest BCUT2D eigenvalue weighted by Gasteiger charge is 2.27. The molecule has 3 amide bonds. The van der Waals surface area contributed by atoms with Gasteiger partial charge in [0.15, 0.2) is 6.10 Å². The van der Waals surface area contributed by atoms with Crippen LogP contribution in [0.2, 0.25) is 0 Å². The van der Waals surface area contributed by atoms with Gasteiger partial charge in [-0.3, -0.25) is 4.79 Å². The predicted molar refractivity (Wildman–Crippen MR) is 88.3 cm³/mol. The topological polar surface area (TPSA) is 84.7 Å². The van der Waals surface area contributed by atoms with Gasteiger partial charge in [0.1, 0.15) is 0 Å². The minimum Gasteiger partial charge on any atom is -0.367 e. The quantitative estimate of drug-likeness (QED) is 0.870. The van der Waals surface area contributed by atoms with E-state index in [0.717, 1.165) is 6.42 Å². The molecule has 0 saturated carbocycles. The molecule has 0 aliphatic carbocycles. The maximum absolute atomic E-state index is 12.2. The standard InChI is InChI=1S/C17H25N3O3/c1-11-8-12(2)14(13(3)9-11)4-5-19-17(22)20-6-7-23-15(10-20)16(18)21/h8-9,15H,4-7,10H2,1-3H3,(H2,18,21)(H,19,22). The first kappa shape index (κ1) is 17.3. The molecule has 1 atom stereocenters. The fraction of sp³-hybridized carbons (Fsp3) is 0.529. The van der Waals surface area contributed by atoms with E-state index < -0.39 is 12.0 Å². The van der Waals surface area contributed by atoms with Crippen molar-refractivity contribution in [3.05, 3.63) is 34.4 Å². The van der Waals surface area contributed by atoms with E-state index in [4.69, 9.17) is 10.5 Å². The number of amides is 3. The third kappa shape index (κ3) is 4.45. The van der Waals surface area contributed by atoms with Crippen LogP contribution in [0.3, 0.4) is 0 Å². The van der Waals surface area contributed by atoms with Gasteiger partial charge in [-0.2, -0.15) is 0 Å². The van der Waals surface area contributed by atoms with Crippen molar-refractivity contribution in [3.8, 4) is 0 Å². The summed E-state index contributed by atoms with van der Waals surface area (Å²) in [4.78, 5) is 24.9. The van der Waals surface area contributed by atoms with E-state index in [0.29, 0.717) is 19.7 Å². The Balaban J connectivity index is 1.87. The average molecular weight is 319 g/mol. The van der Waals surface area contributed by atoms with Crippen LogP contribution in [0.5, 0.6) is 0 Å². The summed E-state index contributed by atoms with van der Waals surface area (Å²) in [5.41, 5.74) is 10.2. The molecule has 1 fully saturated rings. The second-order valence-corrected chi connectivity index (χ2v) is 6.07. The van der Waals surface area contributed by atoms with Crippen molar-refractivity contribution < 1.29 is 14.3 Å². The molecule has 1 saturated heterocycles. The molecule has 0 spiro atoms. The average Bonchev–Trinajstić information content (AvgIpc) is 2.49. The summed E-state index contributed by atoms with van der Waals surface area (Å²) in [7, 11) is 0. The minimum absolute atomic E-state index is 0.179. The fourth-order valence-electron chi connectivity index (χ4n) is 3.02. The molecule has 1 aromatic carbocycles. The van der Waals surface area contributed by atoms with Gasteiger partial charge >= 0.3 is 6.03 Å². The second kappa shape index (κ2) is 7.46. The number of primary amides is 1. The number of urea groups is 1. The number of benzene rings is 1. The number of carbonyl (C=O) groups is 2. The van der Waals surface area contributed by atoms with E-state index >= 15 is 0 Å². The highest BCUT2D eigenvalue weighted by Crippen LogP contribution is 2.16. The minimum atomic E-state index is -0.712. The first-order valence-corrected chi connectivity index (χ1v) is 7.89. The van der Waals surface area contributed by atoms with Crippen molar-refractivity contribution >= 4 is 11.9 Å².